The quantitative estimate of drug-likeness (QED) is 0.894. The van der Waals surface area contributed by atoms with Gasteiger partial charge in [-0.2, -0.15) is 0 Å². The molecule has 2 N–H and O–H groups in total. The minimum Gasteiger partial charge on any atom is -0.354 e. The zero-order valence-corrected chi connectivity index (χ0v) is 11.8. The molecule has 1 saturated carbocycles. The molecule has 1 aliphatic carbocycles. The lowest BCUT2D eigenvalue weighted by Gasteiger charge is -2.35. The third-order valence-electron chi connectivity index (χ3n) is 4.21. The van der Waals surface area contributed by atoms with E-state index in [9.17, 15) is 0 Å². The highest BCUT2D eigenvalue weighted by Crippen LogP contribution is 2.30. The second kappa shape index (κ2) is 5.47. The van der Waals surface area contributed by atoms with Crippen LogP contribution in [0.5, 0.6) is 0 Å². The summed E-state index contributed by atoms with van der Waals surface area (Å²) in [5.41, 5.74) is 6.96. The van der Waals surface area contributed by atoms with Crippen molar-refractivity contribution in [1.29, 1.82) is 0 Å². The minimum atomic E-state index is 0.0666. The second-order valence-corrected chi connectivity index (χ2v) is 5.97. The van der Waals surface area contributed by atoms with Crippen LogP contribution in [0, 0.1) is 5.92 Å². The van der Waals surface area contributed by atoms with Gasteiger partial charge in [0.2, 0.25) is 0 Å². The molecule has 0 radical (unpaired) electrons. The summed E-state index contributed by atoms with van der Waals surface area (Å²) in [6, 6.07) is 4.27. The molecule has 0 spiro atoms. The average molecular weight is 260 g/mol. The molecule has 4 heteroatoms. The average Bonchev–Trinajstić information content (AvgIpc) is 3.24. The lowest BCUT2D eigenvalue weighted by Crippen LogP contribution is -2.47. The first kappa shape index (κ1) is 12.9. The Balaban J connectivity index is 1.55. The Bertz CT molecular complexity index is 403. The molecular weight excluding hydrogens is 236 g/mol. The molecule has 0 amide bonds. The monoisotopic (exact) mass is 260 g/mol. The van der Waals surface area contributed by atoms with E-state index in [2.05, 4.69) is 26.9 Å². The smallest absolute Gasteiger partial charge is 0.128 e. The van der Waals surface area contributed by atoms with Crippen LogP contribution >= 0.6 is 0 Å². The summed E-state index contributed by atoms with van der Waals surface area (Å²) in [5.74, 6) is 2.09. The predicted octanol–water partition coefficient (Wildman–Crippen LogP) is 1.63. The Labute approximate surface area is 115 Å². The van der Waals surface area contributed by atoms with Crippen molar-refractivity contribution in [3.05, 3.63) is 23.9 Å². The zero-order valence-electron chi connectivity index (χ0n) is 11.8. The highest BCUT2D eigenvalue weighted by atomic mass is 15.3. The molecule has 1 aliphatic heterocycles. The van der Waals surface area contributed by atoms with Crippen LogP contribution in [0.15, 0.2) is 18.3 Å². The van der Waals surface area contributed by atoms with Crippen LogP contribution in [0.4, 0.5) is 5.82 Å². The van der Waals surface area contributed by atoms with Gasteiger partial charge < -0.3 is 10.6 Å². The highest BCUT2D eigenvalue weighted by Gasteiger charge is 2.26. The van der Waals surface area contributed by atoms with E-state index in [0.717, 1.165) is 30.4 Å². The van der Waals surface area contributed by atoms with E-state index in [1.165, 1.54) is 32.5 Å². The summed E-state index contributed by atoms with van der Waals surface area (Å²) in [7, 11) is 0. The largest absolute Gasteiger partial charge is 0.354 e. The number of hydrogen-bond acceptors (Lipinski definition) is 4. The molecule has 1 saturated heterocycles. The molecule has 2 fully saturated rings. The van der Waals surface area contributed by atoms with Crippen LogP contribution in [0.3, 0.4) is 0 Å². The van der Waals surface area contributed by atoms with Gasteiger partial charge in [-0.15, -0.1) is 0 Å². The van der Waals surface area contributed by atoms with Crippen molar-refractivity contribution >= 4 is 5.82 Å². The number of pyridine rings is 1. The molecule has 1 aromatic heterocycles. The van der Waals surface area contributed by atoms with Gasteiger partial charge in [-0.25, -0.2) is 4.98 Å². The third-order valence-corrected chi connectivity index (χ3v) is 4.21. The summed E-state index contributed by atoms with van der Waals surface area (Å²) in [5, 5.41) is 0. The fourth-order valence-corrected chi connectivity index (χ4v) is 2.68. The van der Waals surface area contributed by atoms with E-state index in [0.29, 0.717) is 0 Å². The molecule has 1 atom stereocenters. The van der Waals surface area contributed by atoms with Gasteiger partial charge in [-0.05, 0) is 37.3 Å². The number of rotatable bonds is 4. The van der Waals surface area contributed by atoms with Crippen molar-refractivity contribution in [3.63, 3.8) is 0 Å². The molecule has 4 nitrogen and oxygen atoms in total. The first-order valence-electron chi connectivity index (χ1n) is 7.41. The number of hydrogen-bond donors (Lipinski definition) is 1. The van der Waals surface area contributed by atoms with Crippen molar-refractivity contribution in [2.24, 2.45) is 11.7 Å². The van der Waals surface area contributed by atoms with Gasteiger partial charge in [0.05, 0.1) is 0 Å². The lowest BCUT2D eigenvalue weighted by molar-refractivity contribution is 0.247. The number of nitrogens with zero attached hydrogens (tertiary/aromatic N) is 3. The molecule has 104 valence electrons. The van der Waals surface area contributed by atoms with Gasteiger partial charge in [0.25, 0.3) is 0 Å². The normalized spacial score (nSPS) is 22.5. The molecule has 2 aliphatic rings. The van der Waals surface area contributed by atoms with E-state index < -0.39 is 0 Å². The van der Waals surface area contributed by atoms with E-state index in [1.54, 1.807) is 0 Å². The van der Waals surface area contributed by atoms with Gasteiger partial charge in [0.15, 0.2) is 0 Å². The molecule has 1 aromatic rings. The first-order chi connectivity index (χ1) is 9.22. The highest BCUT2D eigenvalue weighted by molar-refractivity contribution is 5.40. The number of aromatic nitrogens is 1. The Morgan fingerprint density at radius 2 is 2.00 bits per heavy atom. The Morgan fingerprint density at radius 1 is 1.26 bits per heavy atom. The Kier molecular flexibility index (Phi) is 3.71. The van der Waals surface area contributed by atoms with Gasteiger partial charge in [0, 0.05) is 45.0 Å². The Hall–Kier alpha value is -1.13. The predicted molar refractivity (Wildman–Crippen MR) is 78.2 cm³/mol. The van der Waals surface area contributed by atoms with Crippen LogP contribution in [-0.2, 0) is 0 Å². The van der Waals surface area contributed by atoms with Crippen LogP contribution in [-0.4, -0.2) is 42.6 Å². The Morgan fingerprint density at radius 3 is 2.53 bits per heavy atom. The van der Waals surface area contributed by atoms with Crippen molar-refractivity contribution in [3.8, 4) is 0 Å². The summed E-state index contributed by atoms with van der Waals surface area (Å²) in [4.78, 5) is 9.53. The van der Waals surface area contributed by atoms with E-state index in [-0.39, 0.29) is 6.04 Å². The minimum absolute atomic E-state index is 0.0666. The fourth-order valence-electron chi connectivity index (χ4n) is 2.68. The van der Waals surface area contributed by atoms with Crippen LogP contribution in [0.25, 0.3) is 0 Å². The van der Waals surface area contributed by atoms with E-state index >= 15 is 0 Å². The molecule has 3 rings (SSSR count). The molecule has 0 bridgehead atoms. The van der Waals surface area contributed by atoms with Crippen molar-refractivity contribution in [1.82, 2.24) is 9.88 Å². The van der Waals surface area contributed by atoms with Gasteiger partial charge in [-0.3, -0.25) is 4.90 Å². The number of piperazine rings is 1. The molecule has 2 heterocycles. The lowest BCUT2D eigenvalue weighted by atomic mass is 10.1. The first-order valence-corrected chi connectivity index (χ1v) is 7.41. The van der Waals surface area contributed by atoms with Gasteiger partial charge in [-0.1, -0.05) is 6.07 Å². The third kappa shape index (κ3) is 3.25. The number of nitrogens with two attached hydrogens (primary N) is 1. The molecule has 19 heavy (non-hydrogen) atoms. The van der Waals surface area contributed by atoms with Crippen LogP contribution in [0.2, 0.25) is 0 Å². The number of anilines is 1. The van der Waals surface area contributed by atoms with E-state index in [1.807, 2.05) is 13.1 Å². The van der Waals surface area contributed by atoms with Crippen LogP contribution < -0.4 is 10.6 Å². The summed E-state index contributed by atoms with van der Waals surface area (Å²) in [6.07, 6.45) is 4.80. The molecular formula is C15H24N4. The second-order valence-electron chi connectivity index (χ2n) is 5.97. The molecule has 0 unspecified atom stereocenters. The zero-order chi connectivity index (χ0) is 13.2. The SMILES string of the molecule is C[C@@H](N)c1ccc(N2CCN(CC3CC3)CC2)nc1. The van der Waals surface area contributed by atoms with Crippen molar-refractivity contribution in [2.45, 2.75) is 25.8 Å². The summed E-state index contributed by atoms with van der Waals surface area (Å²) >= 11 is 0. The standard InChI is InChI=1S/C15H24N4/c1-12(16)14-4-5-15(17-10-14)19-8-6-18(7-9-19)11-13-2-3-13/h4-5,10,12-13H,2-3,6-9,11,16H2,1H3/t12-/m1/s1. The summed E-state index contributed by atoms with van der Waals surface area (Å²) < 4.78 is 0. The van der Waals surface area contributed by atoms with E-state index in [4.69, 9.17) is 5.73 Å². The maximum Gasteiger partial charge on any atom is 0.128 e. The topological polar surface area (TPSA) is 45.4 Å². The van der Waals surface area contributed by atoms with Crippen molar-refractivity contribution < 1.29 is 0 Å². The summed E-state index contributed by atoms with van der Waals surface area (Å²) in [6.45, 7) is 7.84. The van der Waals surface area contributed by atoms with Crippen molar-refractivity contribution in [2.75, 3.05) is 37.6 Å². The van der Waals surface area contributed by atoms with Gasteiger partial charge in [0.1, 0.15) is 5.82 Å². The maximum atomic E-state index is 5.85. The maximum absolute atomic E-state index is 5.85. The van der Waals surface area contributed by atoms with Gasteiger partial charge >= 0.3 is 0 Å². The fraction of sp³-hybridized carbons (Fsp3) is 0.667. The molecule has 0 aromatic carbocycles. The van der Waals surface area contributed by atoms with Crippen LogP contribution in [0.1, 0.15) is 31.4 Å².